The van der Waals surface area contributed by atoms with Crippen molar-refractivity contribution in [3.8, 4) is 0 Å². The molecule has 0 saturated heterocycles. The lowest BCUT2D eigenvalue weighted by molar-refractivity contribution is 0.231. The van der Waals surface area contributed by atoms with E-state index in [1.165, 1.54) is 0 Å². The Kier molecular flexibility index (Phi) is 5.53. The molecule has 0 aromatic rings. The second-order valence-corrected chi connectivity index (χ2v) is 4.68. The van der Waals surface area contributed by atoms with Gasteiger partial charge in [0.1, 0.15) is 0 Å². The number of carbonyl (C=O) groups excluding carboxylic acids is 1. The van der Waals surface area contributed by atoms with E-state index in [0.29, 0.717) is 6.54 Å². The number of amides is 2. The molecule has 14 heavy (non-hydrogen) atoms. The molecule has 0 fully saturated rings. The van der Waals surface area contributed by atoms with E-state index < -0.39 is 0 Å². The average molecular weight is 201 g/mol. The topological polar surface area (TPSA) is 53.2 Å². The fraction of sp³-hybridized carbons (Fsp3) is 0.900. The summed E-state index contributed by atoms with van der Waals surface area (Å²) < 4.78 is 0. The summed E-state index contributed by atoms with van der Waals surface area (Å²) in [5.74, 6) is 0. The third-order valence-corrected chi connectivity index (χ3v) is 1.80. The number of nitrogens with one attached hydrogen (secondary N) is 3. The zero-order valence-corrected chi connectivity index (χ0v) is 9.90. The number of rotatable bonds is 5. The van der Waals surface area contributed by atoms with Gasteiger partial charge < -0.3 is 16.0 Å². The molecule has 0 aromatic heterocycles. The van der Waals surface area contributed by atoms with Gasteiger partial charge in [-0.05, 0) is 26.3 Å². The predicted molar refractivity (Wildman–Crippen MR) is 59.4 cm³/mol. The summed E-state index contributed by atoms with van der Waals surface area (Å²) in [6.07, 6.45) is 0. The van der Waals surface area contributed by atoms with E-state index in [9.17, 15) is 4.79 Å². The highest BCUT2D eigenvalue weighted by Crippen LogP contribution is 2.10. The monoisotopic (exact) mass is 201 g/mol. The standard InChI is InChI=1S/C10H23N3O/c1-8(2)13-9(14)12-7-10(3,4)6-11-5/h8,11H,6-7H2,1-5H3,(H2,12,13,14). The largest absolute Gasteiger partial charge is 0.338 e. The molecule has 0 unspecified atom stereocenters. The molecule has 0 aliphatic rings. The number of hydrogen-bond donors (Lipinski definition) is 3. The molecule has 0 rings (SSSR count). The van der Waals surface area contributed by atoms with Crippen molar-refractivity contribution in [2.45, 2.75) is 33.7 Å². The average Bonchev–Trinajstić information content (AvgIpc) is 2.00. The van der Waals surface area contributed by atoms with Crippen LogP contribution < -0.4 is 16.0 Å². The first kappa shape index (κ1) is 13.2. The van der Waals surface area contributed by atoms with Crippen molar-refractivity contribution in [2.75, 3.05) is 20.1 Å². The van der Waals surface area contributed by atoms with Crippen molar-refractivity contribution >= 4 is 6.03 Å². The quantitative estimate of drug-likeness (QED) is 0.620. The lowest BCUT2D eigenvalue weighted by Crippen LogP contribution is -2.45. The van der Waals surface area contributed by atoms with Gasteiger partial charge in [0.05, 0.1) is 0 Å². The maximum absolute atomic E-state index is 11.3. The van der Waals surface area contributed by atoms with E-state index in [2.05, 4.69) is 29.8 Å². The van der Waals surface area contributed by atoms with E-state index in [1.807, 2.05) is 20.9 Å². The smallest absolute Gasteiger partial charge is 0.315 e. The first-order valence-corrected chi connectivity index (χ1v) is 5.06. The van der Waals surface area contributed by atoms with Gasteiger partial charge in [-0.3, -0.25) is 0 Å². The van der Waals surface area contributed by atoms with Crippen molar-refractivity contribution < 1.29 is 4.79 Å². The van der Waals surface area contributed by atoms with E-state index in [1.54, 1.807) is 0 Å². The molecule has 3 N–H and O–H groups in total. The number of hydrogen-bond acceptors (Lipinski definition) is 2. The molecule has 84 valence electrons. The van der Waals surface area contributed by atoms with Crippen molar-refractivity contribution in [2.24, 2.45) is 5.41 Å². The van der Waals surface area contributed by atoms with Crippen molar-refractivity contribution in [1.29, 1.82) is 0 Å². The van der Waals surface area contributed by atoms with Gasteiger partial charge in [0.15, 0.2) is 0 Å². The molecule has 0 aromatic carbocycles. The Bertz CT molecular complexity index is 178. The van der Waals surface area contributed by atoms with Crippen LogP contribution in [0.1, 0.15) is 27.7 Å². The van der Waals surface area contributed by atoms with Crippen LogP contribution in [0.5, 0.6) is 0 Å². The third kappa shape index (κ3) is 6.71. The van der Waals surface area contributed by atoms with Gasteiger partial charge in [0, 0.05) is 19.1 Å². The summed E-state index contributed by atoms with van der Waals surface area (Å²) in [6, 6.07) is 0.0894. The molecule has 0 radical (unpaired) electrons. The van der Waals surface area contributed by atoms with Crippen LogP contribution in [0.15, 0.2) is 0 Å². The van der Waals surface area contributed by atoms with E-state index in [-0.39, 0.29) is 17.5 Å². The van der Waals surface area contributed by atoms with Crippen LogP contribution >= 0.6 is 0 Å². The van der Waals surface area contributed by atoms with E-state index in [0.717, 1.165) is 6.54 Å². The Morgan fingerprint density at radius 3 is 2.29 bits per heavy atom. The zero-order chi connectivity index (χ0) is 11.2. The Morgan fingerprint density at radius 2 is 1.86 bits per heavy atom. The molecule has 0 aliphatic heterocycles. The highest BCUT2D eigenvalue weighted by Gasteiger charge is 2.17. The first-order chi connectivity index (χ1) is 6.37. The molecular formula is C10H23N3O. The minimum absolute atomic E-state index is 0.0864. The van der Waals surface area contributed by atoms with Crippen LogP contribution in [-0.2, 0) is 0 Å². The summed E-state index contributed by atoms with van der Waals surface area (Å²) >= 11 is 0. The molecule has 0 bridgehead atoms. The Morgan fingerprint density at radius 1 is 1.29 bits per heavy atom. The van der Waals surface area contributed by atoms with Crippen LogP contribution in [-0.4, -0.2) is 32.2 Å². The van der Waals surface area contributed by atoms with Crippen LogP contribution in [0.3, 0.4) is 0 Å². The van der Waals surface area contributed by atoms with Crippen molar-refractivity contribution in [1.82, 2.24) is 16.0 Å². The molecule has 0 atom stereocenters. The normalized spacial score (nSPS) is 11.6. The summed E-state index contributed by atoms with van der Waals surface area (Å²) in [4.78, 5) is 11.3. The zero-order valence-electron chi connectivity index (χ0n) is 9.90. The van der Waals surface area contributed by atoms with Crippen molar-refractivity contribution in [3.05, 3.63) is 0 Å². The van der Waals surface area contributed by atoms with E-state index in [4.69, 9.17) is 0 Å². The highest BCUT2D eigenvalue weighted by molar-refractivity contribution is 5.74. The molecule has 0 saturated carbocycles. The molecule has 4 heteroatoms. The fourth-order valence-corrected chi connectivity index (χ4v) is 1.17. The lowest BCUT2D eigenvalue weighted by atomic mass is 9.94. The minimum atomic E-state index is -0.0934. The van der Waals surface area contributed by atoms with Crippen LogP contribution in [0.4, 0.5) is 4.79 Å². The summed E-state index contributed by atoms with van der Waals surface area (Å²) in [7, 11) is 1.91. The van der Waals surface area contributed by atoms with Gasteiger partial charge in [-0.1, -0.05) is 13.8 Å². The number of carbonyl (C=O) groups is 1. The lowest BCUT2D eigenvalue weighted by Gasteiger charge is -2.24. The Hall–Kier alpha value is -0.770. The van der Waals surface area contributed by atoms with Gasteiger partial charge in [0.25, 0.3) is 0 Å². The Balaban J connectivity index is 3.75. The summed E-state index contributed by atoms with van der Waals surface area (Å²) in [5.41, 5.74) is 0.0864. The number of urea groups is 1. The van der Waals surface area contributed by atoms with Gasteiger partial charge in [0.2, 0.25) is 0 Å². The van der Waals surface area contributed by atoms with Gasteiger partial charge in [-0.15, -0.1) is 0 Å². The molecule has 0 heterocycles. The SMILES string of the molecule is CNCC(C)(C)CNC(=O)NC(C)C. The molecule has 0 aliphatic carbocycles. The third-order valence-electron chi connectivity index (χ3n) is 1.80. The fourth-order valence-electron chi connectivity index (χ4n) is 1.17. The van der Waals surface area contributed by atoms with Gasteiger partial charge >= 0.3 is 6.03 Å². The van der Waals surface area contributed by atoms with Crippen molar-refractivity contribution in [3.63, 3.8) is 0 Å². The second-order valence-electron chi connectivity index (χ2n) is 4.68. The second kappa shape index (κ2) is 5.86. The Labute approximate surface area is 86.8 Å². The molecular weight excluding hydrogens is 178 g/mol. The summed E-state index contributed by atoms with van der Waals surface area (Å²) in [5, 5.41) is 8.74. The maximum Gasteiger partial charge on any atom is 0.315 e. The molecule has 2 amide bonds. The highest BCUT2D eigenvalue weighted by atomic mass is 16.2. The predicted octanol–water partition coefficient (Wildman–Crippen LogP) is 0.940. The molecule has 4 nitrogen and oxygen atoms in total. The first-order valence-electron chi connectivity index (χ1n) is 5.06. The van der Waals surface area contributed by atoms with Crippen LogP contribution in [0.2, 0.25) is 0 Å². The van der Waals surface area contributed by atoms with Gasteiger partial charge in [-0.25, -0.2) is 4.79 Å². The van der Waals surface area contributed by atoms with Crippen LogP contribution in [0.25, 0.3) is 0 Å². The summed E-state index contributed by atoms with van der Waals surface area (Å²) in [6.45, 7) is 9.66. The van der Waals surface area contributed by atoms with E-state index >= 15 is 0 Å². The van der Waals surface area contributed by atoms with Crippen LogP contribution in [0, 0.1) is 5.41 Å². The maximum atomic E-state index is 11.3. The molecule has 0 spiro atoms. The minimum Gasteiger partial charge on any atom is -0.338 e. The van der Waals surface area contributed by atoms with Gasteiger partial charge in [-0.2, -0.15) is 0 Å².